The van der Waals surface area contributed by atoms with Crippen LogP contribution in [0.4, 0.5) is 0 Å². The van der Waals surface area contributed by atoms with Gasteiger partial charge in [-0.05, 0) is 44.6 Å². The first kappa shape index (κ1) is 11.7. The van der Waals surface area contributed by atoms with E-state index < -0.39 is 0 Å². The van der Waals surface area contributed by atoms with Gasteiger partial charge in [0.05, 0.1) is 0 Å². The largest absolute Gasteiger partial charge is 0.307 e. The Morgan fingerprint density at radius 3 is 2.50 bits per heavy atom. The van der Waals surface area contributed by atoms with Crippen molar-refractivity contribution in [3.8, 4) is 0 Å². The second-order valence-electron chi connectivity index (χ2n) is 5.68. The lowest BCUT2D eigenvalue weighted by molar-refractivity contribution is 0.350. The van der Waals surface area contributed by atoms with Crippen LogP contribution in [0.2, 0.25) is 0 Å². The highest BCUT2D eigenvalue weighted by molar-refractivity contribution is 5.24. The number of hydrogen-bond donors (Lipinski definition) is 1. The Bertz CT molecular complexity index is 365. The summed E-state index contributed by atoms with van der Waals surface area (Å²) in [4.78, 5) is 0. The summed E-state index contributed by atoms with van der Waals surface area (Å²) in [5.41, 5.74) is 3.30. The Labute approximate surface area is 99.3 Å². The van der Waals surface area contributed by atoms with Crippen molar-refractivity contribution < 1.29 is 0 Å². The van der Waals surface area contributed by atoms with Crippen LogP contribution in [0.5, 0.6) is 0 Å². The molecule has 1 aliphatic rings. The lowest BCUT2D eigenvalue weighted by atomic mass is 9.98. The molecule has 0 radical (unpaired) electrons. The molecule has 0 spiro atoms. The zero-order valence-corrected chi connectivity index (χ0v) is 10.9. The Hall–Kier alpha value is -0.820. The molecule has 1 fully saturated rings. The van der Waals surface area contributed by atoms with Crippen LogP contribution in [0, 0.1) is 12.3 Å². The highest BCUT2D eigenvalue weighted by Crippen LogP contribution is 2.48. The van der Waals surface area contributed by atoms with E-state index in [4.69, 9.17) is 0 Å². The first-order valence-electron chi connectivity index (χ1n) is 6.34. The minimum atomic E-state index is 0.451. The standard InChI is InChI=1S/C15H23N/c1-11-6-5-7-14(10-11)12(2)16-13(3)15(4)8-9-15/h5-7,10,12-13,16H,8-9H2,1-4H3/t12-,13?/m1/s1. The third-order valence-electron chi connectivity index (χ3n) is 4.13. The fraction of sp³-hybridized carbons (Fsp3) is 0.600. The van der Waals surface area contributed by atoms with E-state index in [2.05, 4.69) is 57.3 Å². The average Bonchev–Trinajstić information content (AvgIpc) is 2.98. The molecular formula is C15H23N. The lowest BCUT2D eigenvalue weighted by Crippen LogP contribution is -2.35. The maximum Gasteiger partial charge on any atom is 0.0294 e. The van der Waals surface area contributed by atoms with Crippen molar-refractivity contribution in [1.82, 2.24) is 5.32 Å². The van der Waals surface area contributed by atoms with Crippen LogP contribution in [0.15, 0.2) is 24.3 Å². The van der Waals surface area contributed by atoms with Crippen LogP contribution in [0.1, 0.15) is 50.8 Å². The van der Waals surface area contributed by atoms with E-state index in [0.717, 1.165) is 0 Å². The SMILES string of the molecule is Cc1cccc([C@@H](C)NC(C)C2(C)CC2)c1. The fourth-order valence-electron chi connectivity index (χ4n) is 2.24. The van der Waals surface area contributed by atoms with E-state index in [1.807, 2.05) is 0 Å². The van der Waals surface area contributed by atoms with Gasteiger partial charge in [0.25, 0.3) is 0 Å². The zero-order chi connectivity index (χ0) is 11.8. The molecule has 1 heteroatoms. The quantitative estimate of drug-likeness (QED) is 0.808. The summed E-state index contributed by atoms with van der Waals surface area (Å²) in [6, 6.07) is 9.86. The van der Waals surface area contributed by atoms with Gasteiger partial charge >= 0.3 is 0 Å². The van der Waals surface area contributed by atoms with Gasteiger partial charge in [-0.1, -0.05) is 36.8 Å². The molecule has 2 rings (SSSR count). The van der Waals surface area contributed by atoms with E-state index in [1.54, 1.807) is 0 Å². The molecular weight excluding hydrogens is 194 g/mol. The third kappa shape index (κ3) is 2.46. The van der Waals surface area contributed by atoms with Crippen molar-refractivity contribution >= 4 is 0 Å². The van der Waals surface area contributed by atoms with Crippen LogP contribution in [0.25, 0.3) is 0 Å². The normalized spacial score (nSPS) is 21.5. The third-order valence-corrected chi connectivity index (χ3v) is 4.13. The van der Waals surface area contributed by atoms with Gasteiger partial charge in [0.1, 0.15) is 0 Å². The average molecular weight is 217 g/mol. The predicted molar refractivity (Wildman–Crippen MR) is 69.5 cm³/mol. The van der Waals surface area contributed by atoms with Gasteiger partial charge < -0.3 is 5.32 Å². The van der Waals surface area contributed by atoms with Crippen molar-refractivity contribution in [2.45, 2.75) is 52.6 Å². The Kier molecular flexibility index (Phi) is 3.07. The number of hydrogen-bond acceptors (Lipinski definition) is 1. The van der Waals surface area contributed by atoms with Crippen LogP contribution < -0.4 is 5.32 Å². The van der Waals surface area contributed by atoms with Crippen molar-refractivity contribution in [1.29, 1.82) is 0 Å². The first-order chi connectivity index (χ1) is 7.51. The fourth-order valence-corrected chi connectivity index (χ4v) is 2.24. The maximum atomic E-state index is 3.73. The molecule has 16 heavy (non-hydrogen) atoms. The second-order valence-corrected chi connectivity index (χ2v) is 5.68. The lowest BCUT2D eigenvalue weighted by Gasteiger charge is -2.25. The smallest absolute Gasteiger partial charge is 0.0294 e. The molecule has 1 aromatic carbocycles. The minimum Gasteiger partial charge on any atom is -0.307 e. The van der Waals surface area contributed by atoms with Crippen molar-refractivity contribution in [2.24, 2.45) is 5.41 Å². The van der Waals surface area contributed by atoms with Gasteiger partial charge in [0.2, 0.25) is 0 Å². The Morgan fingerprint density at radius 2 is 1.94 bits per heavy atom. The van der Waals surface area contributed by atoms with Crippen molar-refractivity contribution in [3.05, 3.63) is 35.4 Å². The summed E-state index contributed by atoms with van der Waals surface area (Å²) in [5, 5.41) is 3.73. The maximum absolute atomic E-state index is 3.73. The molecule has 88 valence electrons. The van der Waals surface area contributed by atoms with Crippen LogP contribution in [0.3, 0.4) is 0 Å². The highest BCUT2D eigenvalue weighted by Gasteiger charge is 2.42. The number of benzene rings is 1. The van der Waals surface area contributed by atoms with Gasteiger partial charge in [-0.25, -0.2) is 0 Å². The zero-order valence-electron chi connectivity index (χ0n) is 10.9. The summed E-state index contributed by atoms with van der Waals surface area (Å²) in [6.45, 7) is 9.12. The molecule has 0 aliphatic heterocycles. The molecule has 2 atom stereocenters. The molecule has 1 aliphatic carbocycles. The molecule has 1 nitrogen and oxygen atoms in total. The van der Waals surface area contributed by atoms with Crippen LogP contribution in [-0.4, -0.2) is 6.04 Å². The van der Waals surface area contributed by atoms with E-state index in [1.165, 1.54) is 24.0 Å². The Morgan fingerprint density at radius 1 is 1.25 bits per heavy atom. The van der Waals surface area contributed by atoms with Crippen LogP contribution in [-0.2, 0) is 0 Å². The molecule has 0 heterocycles. The minimum absolute atomic E-state index is 0.451. The number of rotatable bonds is 4. The Balaban J connectivity index is 2.00. The van der Waals surface area contributed by atoms with Gasteiger partial charge in [0, 0.05) is 12.1 Å². The summed E-state index contributed by atoms with van der Waals surface area (Å²) in [5.74, 6) is 0. The van der Waals surface area contributed by atoms with Crippen molar-refractivity contribution in [3.63, 3.8) is 0 Å². The van der Waals surface area contributed by atoms with Crippen LogP contribution >= 0.6 is 0 Å². The molecule has 0 amide bonds. The van der Waals surface area contributed by atoms with Gasteiger partial charge in [-0.15, -0.1) is 0 Å². The summed E-state index contributed by atoms with van der Waals surface area (Å²) in [6.07, 6.45) is 2.75. The molecule has 1 N–H and O–H groups in total. The molecule has 0 aromatic heterocycles. The summed E-state index contributed by atoms with van der Waals surface area (Å²) in [7, 11) is 0. The first-order valence-corrected chi connectivity index (χ1v) is 6.34. The molecule has 1 saturated carbocycles. The summed E-state index contributed by atoms with van der Waals surface area (Å²) >= 11 is 0. The number of aryl methyl sites for hydroxylation is 1. The van der Waals surface area contributed by atoms with E-state index >= 15 is 0 Å². The highest BCUT2D eigenvalue weighted by atomic mass is 15.0. The van der Waals surface area contributed by atoms with E-state index in [9.17, 15) is 0 Å². The van der Waals surface area contributed by atoms with Gasteiger partial charge in [0.15, 0.2) is 0 Å². The number of nitrogens with one attached hydrogen (secondary N) is 1. The topological polar surface area (TPSA) is 12.0 Å². The van der Waals surface area contributed by atoms with E-state index in [0.29, 0.717) is 17.5 Å². The molecule has 0 bridgehead atoms. The molecule has 1 aromatic rings. The predicted octanol–water partition coefficient (Wildman–Crippen LogP) is 3.83. The monoisotopic (exact) mass is 217 g/mol. The summed E-state index contributed by atoms with van der Waals surface area (Å²) < 4.78 is 0. The van der Waals surface area contributed by atoms with Gasteiger partial charge in [-0.2, -0.15) is 0 Å². The van der Waals surface area contributed by atoms with E-state index in [-0.39, 0.29) is 0 Å². The van der Waals surface area contributed by atoms with Gasteiger partial charge in [-0.3, -0.25) is 0 Å². The van der Waals surface area contributed by atoms with Crippen molar-refractivity contribution in [2.75, 3.05) is 0 Å². The molecule has 0 saturated heterocycles. The second kappa shape index (κ2) is 4.21. The molecule has 1 unspecified atom stereocenters.